The van der Waals surface area contributed by atoms with E-state index >= 15 is 0 Å². The van der Waals surface area contributed by atoms with Crippen molar-refractivity contribution in [1.82, 2.24) is 9.78 Å². The number of aryl methyl sites for hydroxylation is 1. The molecule has 1 aromatic rings. The number of hydrogen-bond acceptors (Lipinski definition) is 4. The molecule has 78 valence electrons. The molecule has 0 fully saturated rings. The summed E-state index contributed by atoms with van der Waals surface area (Å²) >= 11 is 0. The molecule has 14 heavy (non-hydrogen) atoms. The van der Waals surface area contributed by atoms with Gasteiger partial charge in [-0.3, -0.25) is 9.48 Å². The van der Waals surface area contributed by atoms with E-state index in [0.29, 0.717) is 0 Å². The summed E-state index contributed by atoms with van der Waals surface area (Å²) in [6.45, 7) is 1.78. The highest BCUT2D eigenvalue weighted by molar-refractivity contribution is 5.71. The van der Waals surface area contributed by atoms with E-state index in [1.54, 1.807) is 31.0 Å². The topological polar surface area (TPSA) is 70.1 Å². The van der Waals surface area contributed by atoms with E-state index in [4.69, 9.17) is 5.73 Å². The van der Waals surface area contributed by atoms with Crippen molar-refractivity contribution in [2.45, 2.75) is 18.9 Å². The molecular formula is C9H15N3O2. The van der Waals surface area contributed by atoms with Gasteiger partial charge in [0.2, 0.25) is 0 Å². The Morgan fingerprint density at radius 1 is 1.79 bits per heavy atom. The molecule has 1 heterocycles. The second-order valence-electron chi connectivity index (χ2n) is 3.57. The van der Waals surface area contributed by atoms with Gasteiger partial charge >= 0.3 is 5.97 Å². The number of esters is 1. The molecule has 0 aliphatic heterocycles. The Bertz CT molecular complexity index is 331. The summed E-state index contributed by atoms with van der Waals surface area (Å²) in [6.07, 6.45) is 3.60. The average molecular weight is 197 g/mol. The lowest BCUT2D eigenvalue weighted by Gasteiger charge is -2.21. The standard InChI is InChI=1S/C9H15N3O2/c1-9(10,4-8(13)14-3)7-5-11-12(2)6-7/h5-6H,4,10H2,1-3H3/t9-/m0/s1. The largest absolute Gasteiger partial charge is 0.469 e. The average Bonchev–Trinajstić information content (AvgIpc) is 2.51. The molecule has 0 aromatic carbocycles. The van der Waals surface area contributed by atoms with Gasteiger partial charge in [-0.2, -0.15) is 5.10 Å². The van der Waals surface area contributed by atoms with Crippen LogP contribution in [-0.2, 0) is 22.1 Å². The van der Waals surface area contributed by atoms with Crippen LogP contribution in [0.5, 0.6) is 0 Å². The minimum Gasteiger partial charge on any atom is -0.469 e. The fourth-order valence-electron chi connectivity index (χ4n) is 1.19. The Morgan fingerprint density at radius 2 is 2.43 bits per heavy atom. The number of methoxy groups -OCH3 is 1. The lowest BCUT2D eigenvalue weighted by Crippen LogP contribution is -2.35. The van der Waals surface area contributed by atoms with E-state index in [-0.39, 0.29) is 12.4 Å². The molecule has 0 spiro atoms. The van der Waals surface area contributed by atoms with Crippen LogP contribution in [0.2, 0.25) is 0 Å². The molecule has 0 saturated carbocycles. The van der Waals surface area contributed by atoms with Gasteiger partial charge in [0.15, 0.2) is 0 Å². The number of nitrogens with two attached hydrogens (primary N) is 1. The molecule has 0 radical (unpaired) electrons. The van der Waals surface area contributed by atoms with Crippen LogP contribution in [0.1, 0.15) is 18.9 Å². The highest BCUT2D eigenvalue weighted by Gasteiger charge is 2.26. The van der Waals surface area contributed by atoms with E-state index in [2.05, 4.69) is 9.84 Å². The Kier molecular flexibility index (Phi) is 2.90. The zero-order valence-corrected chi connectivity index (χ0v) is 8.65. The van der Waals surface area contributed by atoms with Gasteiger partial charge < -0.3 is 10.5 Å². The van der Waals surface area contributed by atoms with Gasteiger partial charge in [-0.05, 0) is 6.92 Å². The van der Waals surface area contributed by atoms with Crippen LogP contribution < -0.4 is 5.73 Å². The van der Waals surface area contributed by atoms with Crippen molar-refractivity contribution in [2.24, 2.45) is 12.8 Å². The van der Waals surface area contributed by atoms with Crippen molar-refractivity contribution in [2.75, 3.05) is 7.11 Å². The normalized spacial score (nSPS) is 14.9. The number of nitrogens with zero attached hydrogens (tertiary/aromatic N) is 2. The van der Waals surface area contributed by atoms with E-state index in [1.165, 1.54) is 7.11 Å². The van der Waals surface area contributed by atoms with Crippen molar-refractivity contribution >= 4 is 5.97 Å². The van der Waals surface area contributed by atoms with Crippen LogP contribution in [0.25, 0.3) is 0 Å². The number of carbonyl (C=O) groups is 1. The van der Waals surface area contributed by atoms with Crippen LogP contribution >= 0.6 is 0 Å². The Hall–Kier alpha value is -1.36. The maximum Gasteiger partial charge on any atom is 0.307 e. The van der Waals surface area contributed by atoms with Crippen molar-refractivity contribution in [3.63, 3.8) is 0 Å². The van der Waals surface area contributed by atoms with Crippen LogP contribution in [0.15, 0.2) is 12.4 Å². The third kappa shape index (κ3) is 2.32. The third-order valence-electron chi connectivity index (χ3n) is 2.10. The Balaban J connectivity index is 2.79. The number of ether oxygens (including phenoxy) is 1. The third-order valence-corrected chi connectivity index (χ3v) is 2.10. The molecule has 1 aromatic heterocycles. The molecule has 5 nitrogen and oxygen atoms in total. The molecule has 0 unspecified atom stereocenters. The van der Waals surface area contributed by atoms with Gasteiger partial charge in [0.1, 0.15) is 0 Å². The minimum absolute atomic E-state index is 0.148. The molecule has 1 rings (SSSR count). The lowest BCUT2D eigenvalue weighted by molar-refractivity contribution is -0.141. The minimum atomic E-state index is -0.721. The second-order valence-corrected chi connectivity index (χ2v) is 3.57. The molecule has 0 aliphatic carbocycles. The Labute approximate surface area is 82.8 Å². The summed E-state index contributed by atoms with van der Waals surface area (Å²) in [5.74, 6) is -0.321. The van der Waals surface area contributed by atoms with E-state index < -0.39 is 5.54 Å². The smallest absolute Gasteiger partial charge is 0.307 e. The maximum absolute atomic E-state index is 11.1. The second kappa shape index (κ2) is 3.79. The van der Waals surface area contributed by atoms with Crippen molar-refractivity contribution in [1.29, 1.82) is 0 Å². The lowest BCUT2D eigenvalue weighted by atomic mass is 9.93. The number of hydrogen-bond donors (Lipinski definition) is 1. The van der Waals surface area contributed by atoms with Gasteiger partial charge in [0.05, 0.1) is 25.3 Å². The monoisotopic (exact) mass is 197 g/mol. The molecule has 0 aliphatic rings. The van der Waals surface area contributed by atoms with Crippen molar-refractivity contribution in [3.8, 4) is 0 Å². The zero-order valence-electron chi connectivity index (χ0n) is 8.65. The van der Waals surface area contributed by atoms with Crippen LogP contribution in [0, 0.1) is 0 Å². The summed E-state index contributed by atoms with van der Waals surface area (Å²) < 4.78 is 6.22. The molecule has 1 atom stereocenters. The fraction of sp³-hybridized carbons (Fsp3) is 0.556. The fourth-order valence-corrected chi connectivity index (χ4v) is 1.19. The Morgan fingerprint density at radius 3 is 2.86 bits per heavy atom. The summed E-state index contributed by atoms with van der Waals surface area (Å²) in [6, 6.07) is 0. The summed E-state index contributed by atoms with van der Waals surface area (Å²) in [4.78, 5) is 11.1. The van der Waals surface area contributed by atoms with Gasteiger partial charge in [0, 0.05) is 18.8 Å². The molecule has 5 heteroatoms. The molecule has 0 bridgehead atoms. The van der Waals surface area contributed by atoms with E-state index in [9.17, 15) is 4.79 Å². The number of aromatic nitrogens is 2. The summed E-state index contributed by atoms with van der Waals surface area (Å²) in [5.41, 5.74) is 6.08. The van der Waals surface area contributed by atoms with E-state index in [1.807, 2.05) is 0 Å². The van der Waals surface area contributed by atoms with E-state index in [0.717, 1.165) is 5.56 Å². The number of carbonyl (C=O) groups excluding carboxylic acids is 1. The first-order valence-corrected chi connectivity index (χ1v) is 4.30. The van der Waals surface area contributed by atoms with Crippen LogP contribution in [0.3, 0.4) is 0 Å². The maximum atomic E-state index is 11.1. The summed E-state index contributed by atoms with van der Waals surface area (Å²) in [5, 5.41) is 4.00. The SMILES string of the molecule is COC(=O)C[C@](C)(N)c1cnn(C)c1. The van der Waals surface area contributed by atoms with Gasteiger partial charge in [-0.1, -0.05) is 0 Å². The first-order valence-electron chi connectivity index (χ1n) is 4.30. The number of rotatable bonds is 3. The predicted molar refractivity (Wildman–Crippen MR) is 51.4 cm³/mol. The first kappa shape index (κ1) is 10.7. The molecule has 0 saturated heterocycles. The van der Waals surface area contributed by atoms with Crippen molar-refractivity contribution in [3.05, 3.63) is 18.0 Å². The molecule has 2 N–H and O–H groups in total. The highest BCUT2D eigenvalue weighted by atomic mass is 16.5. The van der Waals surface area contributed by atoms with Crippen molar-refractivity contribution < 1.29 is 9.53 Å². The predicted octanol–water partition coefficient (Wildman–Crippen LogP) is 0.157. The van der Waals surface area contributed by atoms with Gasteiger partial charge in [-0.15, -0.1) is 0 Å². The molecular weight excluding hydrogens is 182 g/mol. The highest BCUT2D eigenvalue weighted by Crippen LogP contribution is 2.20. The van der Waals surface area contributed by atoms with Gasteiger partial charge in [-0.25, -0.2) is 0 Å². The first-order chi connectivity index (χ1) is 6.45. The molecule has 0 amide bonds. The van der Waals surface area contributed by atoms with Gasteiger partial charge in [0.25, 0.3) is 0 Å². The quantitative estimate of drug-likeness (QED) is 0.700. The van der Waals surface area contributed by atoms with Crippen LogP contribution in [-0.4, -0.2) is 22.9 Å². The zero-order chi connectivity index (χ0) is 10.8. The van der Waals surface area contributed by atoms with Crippen LogP contribution in [0.4, 0.5) is 0 Å². The summed E-state index contributed by atoms with van der Waals surface area (Å²) in [7, 11) is 3.15.